The van der Waals surface area contributed by atoms with E-state index in [9.17, 15) is 14.4 Å². The minimum Gasteiger partial charge on any atom is -0.459 e. The van der Waals surface area contributed by atoms with Gasteiger partial charge in [0.2, 0.25) is 5.91 Å². The summed E-state index contributed by atoms with van der Waals surface area (Å²) in [4.78, 5) is 43.7. The van der Waals surface area contributed by atoms with E-state index in [0.29, 0.717) is 19.4 Å². The number of hydrogen-bond acceptors (Lipinski definition) is 6. The van der Waals surface area contributed by atoms with Crippen molar-refractivity contribution >= 4 is 37.4 Å². The summed E-state index contributed by atoms with van der Waals surface area (Å²) >= 11 is 0. The van der Waals surface area contributed by atoms with Crippen molar-refractivity contribution in [2.75, 3.05) is 20.2 Å². The van der Waals surface area contributed by atoms with E-state index in [-0.39, 0.29) is 58.4 Å². The molecule has 3 aromatic rings. The molecule has 3 atom stereocenters. The van der Waals surface area contributed by atoms with E-state index in [4.69, 9.17) is 15.2 Å². The number of alkyl carbamates (subject to hydrolysis) is 1. The van der Waals surface area contributed by atoms with E-state index in [1.54, 1.807) is 7.05 Å². The Morgan fingerprint density at radius 2 is 1.49 bits per heavy atom. The molecule has 0 aromatic heterocycles. The van der Waals surface area contributed by atoms with Crippen LogP contribution in [0.25, 0.3) is 11.1 Å². The number of nitrogens with two attached hydrogens (primary N) is 1. The average molecular weight is 664 g/mol. The number of amides is 2. The van der Waals surface area contributed by atoms with Crippen molar-refractivity contribution in [2.45, 2.75) is 65.1 Å². The number of nitrogens with one attached hydrogen (secondary N) is 3. The predicted molar refractivity (Wildman–Crippen MR) is 192 cm³/mol. The summed E-state index contributed by atoms with van der Waals surface area (Å²) in [7, 11) is 1.57. The number of guanidine groups is 1. The maximum Gasteiger partial charge on any atom is 0.407 e. The molecule has 4 rings (SSSR count). The number of fused-ring (bicyclic) bond motifs is 3. The third kappa shape index (κ3) is 10.5. The normalized spacial score (nSPS) is 13.7. The highest BCUT2D eigenvalue weighted by molar-refractivity contribution is 7.59. The van der Waals surface area contributed by atoms with Crippen molar-refractivity contribution in [1.82, 2.24) is 16.0 Å². The van der Waals surface area contributed by atoms with Crippen molar-refractivity contribution in [2.24, 2.45) is 16.6 Å². The summed E-state index contributed by atoms with van der Waals surface area (Å²) in [5.41, 5.74) is 11.0. The molecule has 3 aromatic carbocycles. The lowest BCUT2D eigenvalue weighted by Crippen LogP contribution is -2.54. The molecule has 1 aliphatic rings. The molecule has 1 unspecified atom stereocenters. The zero-order valence-electron chi connectivity index (χ0n) is 26.6. The Balaban J connectivity index is 0.00000384. The fourth-order valence-corrected chi connectivity index (χ4v) is 5.39. The first kappa shape index (κ1) is 38.7. The van der Waals surface area contributed by atoms with Crippen LogP contribution in [0.5, 0.6) is 0 Å². The van der Waals surface area contributed by atoms with Crippen LogP contribution >= 0.6 is 13.5 Å². The summed E-state index contributed by atoms with van der Waals surface area (Å²) in [5, 5.41) is 8.53. The van der Waals surface area contributed by atoms with Gasteiger partial charge in [0, 0.05) is 19.5 Å². The Hall–Kier alpha value is -4.51. The zero-order chi connectivity index (χ0) is 32.2. The van der Waals surface area contributed by atoms with Crippen LogP contribution in [0.3, 0.4) is 0 Å². The number of benzene rings is 3. The van der Waals surface area contributed by atoms with Crippen LogP contribution < -0.4 is 21.7 Å². The molecule has 0 radical (unpaired) electrons. The van der Waals surface area contributed by atoms with Gasteiger partial charge >= 0.3 is 12.1 Å². The Morgan fingerprint density at radius 1 is 0.894 bits per heavy atom. The van der Waals surface area contributed by atoms with Crippen LogP contribution in [0.4, 0.5) is 4.79 Å². The van der Waals surface area contributed by atoms with Crippen molar-refractivity contribution in [3.05, 3.63) is 95.6 Å². The van der Waals surface area contributed by atoms with Gasteiger partial charge in [-0.15, -0.1) is 0 Å². The average Bonchev–Trinajstić information content (AvgIpc) is 3.39. The van der Waals surface area contributed by atoms with Crippen LogP contribution in [-0.2, 0) is 25.7 Å². The lowest BCUT2D eigenvalue weighted by molar-refractivity contribution is -0.151. The highest BCUT2D eigenvalue weighted by Gasteiger charge is 2.32. The summed E-state index contributed by atoms with van der Waals surface area (Å²) in [6.45, 7) is 4.45. The number of aliphatic imine (C=N–C) groups is 1. The number of esters is 1. The second-order valence-electron chi connectivity index (χ2n) is 11.2. The van der Waals surface area contributed by atoms with Gasteiger partial charge in [0.1, 0.15) is 25.3 Å². The highest BCUT2D eigenvalue weighted by atomic mass is 32.1. The van der Waals surface area contributed by atoms with Crippen molar-refractivity contribution in [3.8, 4) is 11.1 Å². The van der Waals surface area contributed by atoms with Gasteiger partial charge in [-0.05, 0) is 46.6 Å². The molecule has 1 aliphatic carbocycles. The highest BCUT2D eigenvalue weighted by Crippen LogP contribution is 2.44. The lowest BCUT2D eigenvalue weighted by Gasteiger charge is -2.26. The van der Waals surface area contributed by atoms with Crippen LogP contribution in [0, 0.1) is 5.92 Å². The van der Waals surface area contributed by atoms with Crippen LogP contribution in [0.1, 0.15) is 63.1 Å². The molecular formula is C36H49N5O5S. The van der Waals surface area contributed by atoms with Crippen molar-refractivity contribution in [1.29, 1.82) is 0 Å². The second kappa shape index (κ2) is 19.2. The van der Waals surface area contributed by atoms with Gasteiger partial charge in [0.15, 0.2) is 5.96 Å². The zero-order valence-corrected chi connectivity index (χ0v) is 27.6. The molecule has 2 amide bonds. The number of carbonyl (C=O) groups is 3. The molecule has 5 N–H and O–H groups in total. The topological polar surface area (TPSA) is 144 Å². The van der Waals surface area contributed by atoms with Crippen LogP contribution in [0.15, 0.2) is 83.9 Å². The first-order chi connectivity index (χ1) is 21.8. The Labute approximate surface area is 285 Å². The van der Waals surface area contributed by atoms with E-state index in [1.807, 2.05) is 80.6 Å². The predicted octanol–water partition coefficient (Wildman–Crippen LogP) is 5.23. The molecule has 11 heteroatoms. The molecule has 0 saturated heterocycles. The molecule has 10 nitrogen and oxygen atoms in total. The molecule has 254 valence electrons. The number of hydrogen-bond donors (Lipinski definition) is 4. The molecule has 0 bridgehead atoms. The minimum absolute atomic E-state index is 0. The van der Waals surface area contributed by atoms with Crippen molar-refractivity contribution in [3.63, 3.8) is 0 Å². The third-order valence-electron chi connectivity index (χ3n) is 8.16. The fraction of sp³-hybridized carbons (Fsp3) is 0.389. The lowest BCUT2D eigenvalue weighted by atomic mass is 9.98. The fourth-order valence-electron chi connectivity index (χ4n) is 5.39. The van der Waals surface area contributed by atoms with Gasteiger partial charge in [0.25, 0.3) is 0 Å². The van der Waals surface area contributed by atoms with E-state index in [2.05, 4.69) is 33.1 Å². The first-order valence-corrected chi connectivity index (χ1v) is 15.4. The number of ether oxygens (including phenoxy) is 2. The summed E-state index contributed by atoms with van der Waals surface area (Å²) in [6, 6.07) is 23.6. The van der Waals surface area contributed by atoms with E-state index in [0.717, 1.165) is 27.8 Å². The molecular weight excluding hydrogens is 614 g/mol. The van der Waals surface area contributed by atoms with E-state index in [1.165, 1.54) is 0 Å². The van der Waals surface area contributed by atoms with Gasteiger partial charge in [-0.1, -0.05) is 107 Å². The standard InChI is InChI=1S/C35H43N5O5.CH4.H2S/c1-4-23(2)31(33(42)44-21-24-13-6-5-7-14-24)40-32(41)30(19-12-20-38-34(36)37-3)39-35(43)45-22-29-27-17-10-8-15-25(27)26-16-9-11-18-28(26)29;;/h5-11,13-18,23,29-31H,4,12,19-22H2,1-3H3,(H,39,43)(H,40,41)(H3,36,37,38);1H4;1H2/t23?,30-,31+;;/m1../s1. The van der Waals surface area contributed by atoms with Gasteiger partial charge in [-0.2, -0.15) is 13.5 Å². The Bertz CT molecular complexity index is 1440. The molecule has 0 aliphatic heterocycles. The first-order valence-electron chi connectivity index (χ1n) is 15.4. The van der Waals surface area contributed by atoms with E-state index < -0.39 is 30.1 Å². The number of nitrogens with zero attached hydrogens (tertiary/aromatic N) is 1. The monoisotopic (exact) mass is 663 g/mol. The second-order valence-corrected chi connectivity index (χ2v) is 11.2. The molecule has 0 fully saturated rings. The Kier molecular flexibility index (Phi) is 15.8. The van der Waals surface area contributed by atoms with Crippen LogP contribution in [0.2, 0.25) is 0 Å². The summed E-state index contributed by atoms with van der Waals surface area (Å²) in [6.07, 6.45) is 0.679. The van der Waals surface area contributed by atoms with Gasteiger partial charge in [-0.25, -0.2) is 9.59 Å². The summed E-state index contributed by atoms with van der Waals surface area (Å²) in [5.74, 6) is -1.07. The molecule has 0 heterocycles. The number of carbonyl (C=O) groups excluding carboxylic acids is 3. The van der Waals surface area contributed by atoms with Crippen molar-refractivity contribution < 1.29 is 23.9 Å². The van der Waals surface area contributed by atoms with Gasteiger partial charge in [0.05, 0.1) is 0 Å². The van der Waals surface area contributed by atoms with Crippen LogP contribution in [-0.4, -0.2) is 56.2 Å². The number of rotatable bonds is 14. The largest absolute Gasteiger partial charge is 0.459 e. The maximum atomic E-state index is 13.6. The smallest absolute Gasteiger partial charge is 0.407 e. The Morgan fingerprint density at radius 3 is 2.09 bits per heavy atom. The summed E-state index contributed by atoms with van der Waals surface area (Å²) < 4.78 is 11.3. The quantitative estimate of drug-likeness (QED) is 0.0800. The van der Waals surface area contributed by atoms with E-state index >= 15 is 0 Å². The third-order valence-corrected chi connectivity index (χ3v) is 8.16. The molecule has 47 heavy (non-hydrogen) atoms. The SMILES string of the molecule is C.CCC(C)[C@H](NC(=O)[C@@H](CCCNC(N)=NC)NC(=O)OCC1c2ccccc2-c2ccccc21)C(=O)OCc1ccccc1.S. The molecule has 0 spiro atoms. The van der Waals surface area contributed by atoms with Gasteiger partial charge < -0.3 is 31.2 Å². The maximum absolute atomic E-state index is 13.6. The minimum atomic E-state index is -0.962. The van der Waals surface area contributed by atoms with Gasteiger partial charge in [-0.3, -0.25) is 9.79 Å². The molecule has 0 saturated carbocycles.